The monoisotopic (exact) mass is 230 g/mol. The fraction of sp³-hybridized carbons (Fsp3) is 0.333. The Kier molecular flexibility index (Phi) is 4.17. The molecule has 0 unspecified atom stereocenters. The minimum Gasteiger partial charge on any atom is -0.490 e. The Hall–Kier alpha value is -1.49. The van der Waals surface area contributed by atoms with Gasteiger partial charge in [-0.05, 0) is 6.07 Å². The van der Waals surface area contributed by atoms with E-state index < -0.39 is 4.92 Å². The van der Waals surface area contributed by atoms with Gasteiger partial charge in [0, 0.05) is 30.2 Å². The fourth-order valence-electron chi connectivity index (χ4n) is 1.13. The molecule has 0 aliphatic rings. The van der Waals surface area contributed by atoms with Gasteiger partial charge in [-0.1, -0.05) is 0 Å². The molecule has 0 saturated carbocycles. The zero-order chi connectivity index (χ0) is 11.3. The number of anilines is 1. The number of methoxy groups -OCH3 is 1. The molecule has 1 aromatic carbocycles. The number of alkyl halides is 1. The fourth-order valence-corrected chi connectivity index (χ4v) is 1.22. The van der Waals surface area contributed by atoms with Crippen LogP contribution in [0.25, 0.3) is 0 Å². The van der Waals surface area contributed by atoms with Gasteiger partial charge in [0.25, 0.3) is 0 Å². The van der Waals surface area contributed by atoms with E-state index in [0.717, 1.165) is 5.69 Å². The van der Waals surface area contributed by atoms with Crippen LogP contribution in [0.2, 0.25) is 0 Å². The summed E-state index contributed by atoms with van der Waals surface area (Å²) < 4.78 is 4.91. The summed E-state index contributed by atoms with van der Waals surface area (Å²) in [6.45, 7) is 0.600. The van der Waals surface area contributed by atoms with Gasteiger partial charge < -0.3 is 10.1 Å². The molecule has 0 heterocycles. The number of hydrogen-bond donors (Lipinski definition) is 1. The molecule has 6 heteroatoms. The van der Waals surface area contributed by atoms with E-state index in [2.05, 4.69) is 5.32 Å². The average Bonchev–Trinajstić information content (AvgIpc) is 2.25. The van der Waals surface area contributed by atoms with Crippen LogP contribution in [-0.2, 0) is 0 Å². The van der Waals surface area contributed by atoms with Crippen LogP contribution < -0.4 is 10.1 Å². The summed E-state index contributed by atoms with van der Waals surface area (Å²) in [5.41, 5.74) is 0.701. The molecule has 0 aromatic heterocycles. The van der Waals surface area contributed by atoms with E-state index in [1.165, 1.54) is 13.2 Å². The molecular weight excluding hydrogens is 220 g/mol. The maximum atomic E-state index is 10.6. The number of halogens is 1. The Morgan fingerprint density at radius 3 is 2.87 bits per heavy atom. The largest absolute Gasteiger partial charge is 0.490 e. The predicted molar refractivity (Wildman–Crippen MR) is 58.9 cm³/mol. The third kappa shape index (κ3) is 2.99. The van der Waals surface area contributed by atoms with Crippen LogP contribution in [0.15, 0.2) is 18.2 Å². The normalized spacial score (nSPS) is 9.73. The van der Waals surface area contributed by atoms with Crippen LogP contribution in [0.3, 0.4) is 0 Å². The Bertz CT molecular complexity index is 357. The number of hydrogen-bond acceptors (Lipinski definition) is 4. The van der Waals surface area contributed by atoms with Crippen LogP contribution in [0.5, 0.6) is 5.75 Å². The lowest BCUT2D eigenvalue weighted by Crippen LogP contribution is -2.03. The predicted octanol–water partition coefficient (Wildman–Crippen LogP) is 2.25. The van der Waals surface area contributed by atoms with Gasteiger partial charge in [-0.3, -0.25) is 10.1 Å². The van der Waals surface area contributed by atoms with Crippen molar-refractivity contribution in [2.24, 2.45) is 0 Å². The Labute approximate surface area is 92.1 Å². The first-order valence-electron chi connectivity index (χ1n) is 4.31. The molecule has 0 saturated heterocycles. The lowest BCUT2D eigenvalue weighted by molar-refractivity contribution is -0.385. The van der Waals surface area contributed by atoms with Crippen molar-refractivity contribution in [3.63, 3.8) is 0 Å². The molecule has 1 N–H and O–H groups in total. The number of ether oxygens (including phenoxy) is 1. The van der Waals surface area contributed by atoms with Crippen LogP contribution in [-0.4, -0.2) is 24.5 Å². The molecule has 5 nitrogen and oxygen atoms in total. The maximum absolute atomic E-state index is 10.6. The average molecular weight is 231 g/mol. The van der Waals surface area contributed by atoms with Crippen molar-refractivity contribution >= 4 is 23.0 Å². The standard InChI is InChI=1S/C9H11ClN2O3/c1-15-9-6-7(11-5-4-10)2-3-8(9)12(13)14/h2-3,6,11H,4-5H2,1H3. The minimum absolute atomic E-state index is 0.0473. The van der Waals surface area contributed by atoms with Gasteiger partial charge in [-0.2, -0.15) is 0 Å². The number of nitrogens with one attached hydrogen (secondary N) is 1. The summed E-state index contributed by atoms with van der Waals surface area (Å²) in [4.78, 5) is 10.1. The van der Waals surface area contributed by atoms with Gasteiger partial charge in [0.1, 0.15) is 0 Å². The van der Waals surface area contributed by atoms with Gasteiger partial charge in [0.15, 0.2) is 5.75 Å². The number of rotatable bonds is 5. The molecule has 1 aromatic rings. The Morgan fingerprint density at radius 2 is 2.33 bits per heavy atom. The van der Waals surface area contributed by atoms with E-state index in [9.17, 15) is 10.1 Å². The zero-order valence-corrected chi connectivity index (χ0v) is 8.95. The molecule has 0 bridgehead atoms. The molecule has 0 spiro atoms. The smallest absolute Gasteiger partial charge is 0.311 e. The molecule has 0 radical (unpaired) electrons. The second-order valence-electron chi connectivity index (χ2n) is 2.76. The van der Waals surface area contributed by atoms with Gasteiger partial charge in [0.2, 0.25) is 0 Å². The first-order valence-corrected chi connectivity index (χ1v) is 4.84. The second kappa shape index (κ2) is 5.41. The highest BCUT2D eigenvalue weighted by atomic mass is 35.5. The van der Waals surface area contributed by atoms with Crippen molar-refractivity contribution in [1.82, 2.24) is 0 Å². The number of nitro groups is 1. The molecule has 82 valence electrons. The second-order valence-corrected chi connectivity index (χ2v) is 3.14. The third-order valence-corrected chi connectivity index (χ3v) is 1.99. The van der Waals surface area contributed by atoms with Crippen LogP contribution in [0.4, 0.5) is 11.4 Å². The highest BCUT2D eigenvalue weighted by Gasteiger charge is 2.14. The SMILES string of the molecule is COc1cc(NCCCl)ccc1[N+](=O)[O-]. The first kappa shape index (κ1) is 11.6. The number of nitrogens with zero attached hydrogens (tertiary/aromatic N) is 1. The highest BCUT2D eigenvalue weighted by molar-refractivity contribution is 6.18. The summed E-state index contributed by atoms with van der Waals surface area (Å²) in [6, 6.07) is 4.59. The molecule has 1 rings (SSSR count). The van der Waals surface area contributed by atoms with Crippen molar-refractivity contribution in [3.05, 3.63) is 28.3 Å². The topological polar surface area (TPSA) is 64.4 Å². The molecular formula is C9H11ClN2O3. The van der Waals surface area contributed by atoms with Gasteiger partial charge in [0.05, 0.1) is 12.0 Å². The van der Waals surface area contributed by atoms with Crippen molar-refractivity contribution < 1.29 is 9.66 Å². The lowest BCUT2D eigenvalue weighted by Gasteiger charge is -2.06. The molecule has 0 atom stereocenters. The summed E-state index contributed by atoms with van der Waals surface area (Å²) in [5, 5.41) is 13.6. The third-order valence-electron chi connectivity index (χ3n) is 1.80. The molecule has 0 aliphatic heterocycles. The summed E-state index contributed by atoms with van der Waals surface area (Å²) in [7, 11) is 1.40. The zero-order valence-electron chi connectivity index (χ0n) is 8.20. The van der Waals surface area contributed by atoms with E-state index >= 15 is 0 Å². The van der Waals surface area contributed by atoms with Crippen molar-refractivity contribution in [2.75, 3.05) is 24.9 Å². The van der Waals surface area contributed by atoms with E-state index in [1.807, 2.05) is 0 Å². The van der Waals surface area contributed by atoms with Crippen LogP contribution >= 0.6 is 11.6 Å². The molecule has 0 fully saturated rings. The van der Waals surface area contributed by atoms with Gasteiger partial charge >= 0.3 is 5.69 Å². The Balaban J connectivity index is 2.92. The minimum atomic E-state index is -0.482. The summed E-state index contributed by atoms with van der Waals surface area (Å²) in [5.74, 6) is 0.707. The van der Waals surface area contributed by atoms with Crippen molar-refractivity contribution in [2.45, 2.75) is 0 Å². The summed E-state index contributed by atoms with van der Waals surface area (Å²) in [6.07, 6.45) is 0. The van der Waals surface area contributed by atoms with Gasteiger partial charge in [-0.15, -0.1) is 11.6 Å². The van der Waals surface area contributed by atoms with E-state index in [-0.39, 0.29) is 11.4 Å². The molecule has 0 amide bonds. The number of nitro benzene ring substituents is 1. The van der Waals surface area contributed by atoms with E-state index in [4.69, 9.17) is 16.3 Å². The van der Waals surface area contributed by atoms with E-state index in [1.54, 1.807) is 12.1 Å². The molecule has 0 aliphatic carbocycles. The number of benzene rings is 1. The first-order chi connectivity index (χ1) is 7.19. The molecule has 15 heavy (non-hydrogen) atoms. The summed E-state index contributed by atoms with van der Waals surface area (Å²) >= 11 is 5.50. The van der Waals surface area contributed by atoms with E-state index in [0.29, 0.717) is 12.4 Å². The van der Waals surface area contributed by atoms with Crippen molar-refractivity contribution in [3.8, 4) is 5.75 Å². The lowest BCUT2D eigenvalue weighted by atomic mass is 10.2. The maximum Gasteiger partial charge on any atom is 0.311 e. The van der Waals surface area contributed by atoms with Crippen LogP contribution in [0.1, 0.15) is 0 Å². The highest BCUT2D eigenvalue weighted by Crippen LogP contribution is 2.29. The quantitative estimate of drug-likeness (QED) is 0.479. The van der Waals surface area contributed by atoms with Crippen molar-refractivity contribution in [1.29, 1.82) is 0 Å². The van der Waals surface area contributed by atoms with Gasteiger partial charge in [-0.25, -0.2) is 0 Å². The Morgan fingerprint density at radius 1 is 1.60 bits per heavy atom. The van der Waals surface area contributed by atoms with Crippen LogP contribution in [0, 0.1) is 10.1 Å².